The molecule has 1 amide bonds. The van der Waals surface area contributed by atoms with Crippen LogP contribution >= 0.6 is 0 Å². The SMILES string of the molecule is N#Cc1ccc(NCC2(NC(=O)[C@H](C#N)N3CCCC3)CCCCC2)nc1.O=C(O)C=CC(=O)O. The molecule has 2 aliphatic rings. The second-order valence-electron chi connectivity index (χ2n) is 8.51. The molecule has 1 aromatic heterocycles. The maximum Gasteiger partial charge on any atom is 0.328 e. The summed E-state index contributed by atoms with van der Waals surface area (Å²) in [7, 11) is 0. The molecule has 11 heteroatoms. The van der Waals surface area contributed by atoms with Crippen LogP contribution in [0, 0.1) is 22.7 Å². The number of hydrogen-bond donors (Lipinski definition) is 4. The smallest absolute Gasteiger partial charge is 0.328 e. The molecule has 0 spiro atoms. The number of nitriles is 2. The molecule has 2 heterocycles. The molecule has 35 heavy (non-hydrogen) atoms. The van der Waals surface area contributed by atoms with E-state index in [4.69, 9.17) is 15.5 Å². The highest BCUT2D eigenvalue weighted by molar-refractivity contribution is 5.89. The van der Waals surface area contributed by atoms with Crippen molar-refractivity contribution in [2.45, 2.75) is 56.5 Å². The molecule has 1 atom stereocenters. The van der Waals surface area contributed by atoms with Crippen molar-refractivity contribution in [2.24, 2.45) is 0 Å². The van der Waals surface area contributed by atoms with Crippen LogP contribution in [0.5, 0.6) is 0 Å². The first-order chi connectivity index (χ1) is 16.8. The summed E-state index contributed by atoms with van der Waals surface area (Å²) < 4.78 is 0. The lowest BCUT2D eigenvalue weighted by Gasteiger charge is -2.39. The monoisotopic (exact) mass is 482 g/mol. The summed E-state index contributed by atoms with van der Waals surface area (Å²) in [6.45, 7) is 2.19. The van der Waals surface area contributed by atoms with Gasteiger partial charge in [-0.25, -0.2) is 14.6 Å². The van der Waals surface area contributed by atoms with E-state index in [9.17, 15) is 19.6 Å². The average Bonchev–Trinajstić information content (AvgIpc) is 3.38. The van der Waals surface area contributed by atoms with E-state index in [2.05, 4.69) is 27.8 Å². The quantitative estimate of drug-likeness (QED) is 0.400. The van der Waals surface area contributed by atoms with Gasteiger partial charge >= 0.3 is 11.9 Å². The van der Waals surface area contributed by atoms with Crippen LogP contribution in [-0.4, -0.2) is 69.2 Å². The van der Waals surface area contributed by atoms with Crippen LogP contribution in [0.2, 0.25) is 0 Å². The Labute approximate surface area is 204 Å². The molecule has 1 aromatic rings. The van der Waals surface area contributed by atoms with E-state index in [0.717, 1.165) is 51.6 Å². The molecule has 0 aromatic carbocycles. The van der Waals surface area contributed by atoms with E-state index in [1.165, 1.54) is 12.6 Å². The van der Waals surface area contributed by atoms with E-state index in [1.54, 1.807) is 12.1 Å². The van der Waals surface area contributed by atoms with Gasteiger partial charge in [-0.15, -0.1) is 0 Å². The van der Waals surface area contributed by atoms with E-state index >= 15 is 0 Å². The number of pyridine rings is 1. The number of carbonyl (C=O) groups is 3. The molecule has 0 radical (unpaired) electrons. The van der Waals surface area contributed by atoms with Crippen LogP contribution in [0.15, 0.2) is 30.5 Å². The molecule has 186 valence electrons. The van der Waals surface area contributed by atoms with Gasteiger partial charge in [0.25, 0.3) is 5.91 Å². The summed E-state index contributed by atoms with van der Waals surface area (Å²) in [6.07, 6.45) is 9.80. The zero-order valence-corrected chi connectivity index (χ0v) is 19.4. The Hall–Kier alpha value is -3.96. The molecule has 1 saturated heterocycles. The number of aromatic nitrogens is 1. The molecule has 1 aliphatic carbocycles. The Morgan fingerprint density at radius 1 is 1.06 bits per heavy atom. The van der Waals surface area contributed by atoms with Gasteiger partial charge in [0.1, 0.15) is 11.9 Å². The van der Waals surface area contributed by atoms with Gasteiger partial charge in [-0.2, -0.15) is 10.5 Å². The Bertz CT molecular complexity index is 967. The van der Waals surface area contributed by atoms with Crippen LogP contribution in [-0.2, 0) is 14.4 Å². The molecule has 3 rings (SSSR count). The average molecular weight is 483 g/mol. The molecular weight excluding hydrogens is 452 g/mol. The van der Waals surface area contributed by atoms with Crippen LogP contribution in [0.25, 0.3) is 0 Å². The fraction of sp³-hybridized carbons (Fsp3) is 0.500. The predicted molar refractivity (Wildman–Crippen MR) is 126 cm³/mol. The van der Waals surface area contributed by atoms with Crippen LogP contribution < -0.4 is 10.6 Å². The number of carboxylic acids is 2. The molecule has 0 unspecified atom stereocenters. The number of rotatable bonds is 8. The third-order valence-electron chi connectivity index (χ3n) is 5.94. The van der Waals surface area contributed by atoms with Crippen molar-refractivity contribution in [1.29, 1.82) is 10.5 Å². The lowest BCUT2D eigenvalue weighted by Crippen LogP contribution is -2.58. The van der Waals surface area contributed by atoms with Gasteiger partial charge < -0.3 is 20.8 Å². The summed E-state index contributed by atoms with van der Waals surface area (Å²) in [6, 6.07) is 7.03. The predicted octanol–water partition coefficient (Wildman–Crippen LogP) is 1.88. The highest BCUT2D eigenvalue weighted by Gasteiger charge is 2.37. The van der Waals surface area contributed by atoms with Gasteiger partial charge in [-0.05, 0) is 50.9 Å². The minimum absolute atomic E-state index is 0.184. The number of aliphatic carboxylic acids is 2. The van der Waals surface area contributed by atoms with Gasteiger partial charge in [-0.1, -0.05) is 19.3 Å². The zero-order chi connectivity index (χ0) is 25.7. The van der Waals surface area contributed by atoms with Crippen molar-refractivity contribution in [3.8, 4) is 12.1 Å². The van der Waals surface area contributed by atoms with Crippen molar-refractivity contribution in [2.75, 3.05) is 25.0 Å². The third-order valence-corrected chi connectivity index (χ3v) is 5.94. The number of nitrogens with zero attached hydrogens (tertiary/aromatic N) is 4. The van der Waals surface area contributed by atoms with Gasteiger partial charge in [0.2, 0.25) is 0 Å². The summed E-state index contributed by atoms with van der Waals surface area (Å²) in [5, 5.41) is 40.5. The first-order valence-electron chi connectivity index (χ1n) is 11.5. The standard InChI is InChI=1S/C20H26N6O.C4H4O4/c21-12-16-6-7-18(23-14-16)24-15-20(8-2-1-3-9-20)25-19(27)17(13-22)26-10-4-5-11-26;5-3(6)1-2-4(7)8/h6-7,14,17H,1-5,8-11,15H2,(H,23,24)(H,25,27);1-2H,(H,5,6)(H,7,8)/t17-;/m0./s1. The van der Waals surface area contributed by atoms with Gasteiger partial charge in [0.15, 0.2) is 6.04 Å². The highest BCUT2D eigenvalue weighted by Crippen LogP contribution is 2.29. The Morgan fingerprint density at radius 3 is 2.17 bits per heavy atom. The first kappa shape index (κ1) is 27.3. The van der Waals surface area contributed by atoms with Gasteiger partial charge in [0.05, 0.1) is 17.2 Å². The summed E-state index contributed by atoms with van der Waals surface area (Å²) in [4.78, 5) is 38.2. The van der Waals surface area contributed by atoms with Crippen LogP contribution in [0.4, 0.5) is 5.82 Å². The van der Waals surface area contributed by atoms with E-state index in [0.29, 0.717) is 30.1 Å². The Balaban J connectivity index is 0.000000466. The summed E-state index contributed by atoms with van der Waals surface area (Å²) in [5.41, 5.74) is 0.156. The second kappa shape index (κ2) is 13.7. The largest absolute Gasteiger partial charge is 0.478 e. The number of hydrogen-bond acceptors (Lipinski definition) is 8. The minimum Gasteiger partial charge on any atom is -0.478 e. The van der Waals surface area contributed by atoms with Gasteiger partial charge in [-0.3, -0.25) is 9.69 Å². The molecule has 11 nitrogen and oxygen atoms in total. The normalized spacial score (nSPS) is 17.8. The van der Waals surface area contributed by atoms with Crippen molar-refractivity contribution < 1.29 is 24.6 Å². The topological polar surface area (TPSA) is 179 Å². The number of nitrogens with one attached hydrogen (secondary N) is 2. The number of anilines is 1. The van der Waals surface area contributed by atoms with Crippen LogP contribution in [0.1, 0.15) is 50.5 Å². The number of amides is 1. The van der Waals surface area contributed by atoms with E-state index in [1.807, 2.05) is 4.90 Å². The Kier molecular flexibility index (Phi) is 10.7. The van der Waals surface area contributed by atoms with Crippen molar-refractivity contribution in [3.63, 3.8) is 0 Å². The fourth-order valence-electron chi connectivity index (χ4n) is 4.18. The molecule has 2 fully saturated rings. The highest BCUT2D eigenvalue weighted by atomic mass is 16.4. The lowest BCUT2D eigenvalue weighted by molar-refractivity contribution is -0.134. The van der Waals surface area contributed by atoms with Gasteiger partial charge in [0, 0.05) is 24.9 Å². The van der Waals surface area contributed by atoms with Crippen LogP contribution in [0.3, 0.4) is 0 Å². The van der Waals surface area contributed by atoms with Crippen molar-refractivity contribution in [3.05, 3.63) is 36.0 Å². The molecule has 0 bridgehead atoms. The maximum atomic E-state index is 12.9. The Morgan fingerprint density at radius 2 is 1.69 bits per heavy atom. The molecule has 1 saturated carbocycles. The lowest BCUT2D eigenvalue weighted by atomic mass is 9.81. The van der Waals surface area contributed by atoms with Crippen molar-refractivity contribution >= 4 is 23.7 Å². The second-order valence-corrected chi connectivity index (χ2v) is 8.51. The summed E-state index contributed by atoms with van der Waals surface area (Å²) in [5.74, 6) is -2.01. The minimum atomic E-state index is -1.26. The fourth-order valence-corrected chi connectivity index (χ4v) is 4.18. The van der Waals surface area contributed by atoms with E-state index < -0.39 is 18.0 Å². The molecule has 1 aliphatic heterocycles. The maximum absolute atomic E-state index is 12.9. The number of carbonyl (C=O) groups excluding carboxylic acids is 1. The zero-order valence-electron chi connectivity index (χ0n) is 19.4. The molecule has 4 N–H and O–H groups in total. The number of carboxylic acid groups (broad SMARTS) is 2. The summed E-state index contributed by atoms with van der Waals surface area (Å²) >= 11 is 0. The van der Waals surface area contributed by atoms with E-state index in [-0.39, 0.29) is 11.4 Å². The third kappa shape index (κ3) is 9.07. The molecular formula is C24H30N6O5. The first-order valence-corrected chi connectivity index (χ1v) is 11.5. The number of likely N-dealkylation sites (tertiary alicyclic amines) is 1. The van der Waals surface area contributed by atoms with Crippen molar-refractivity contribution in [1.82, 2.24) is 15.2 Å².